The van der Waals surface area contributed by atoms with Crippen LogP contribution in [0.2, 0.25) is 0 Å². The molecule has 2 aromatic rings. The molecule has 1 unspecified atom stereocenters. The molecule has 1 aliphatic heterocycles. The van der Waals surface area contributed by atoms with Gasteiger partial charge in [0.1, 0.15) is 5.75 Å². The maximum absolute atomic E-state index is 13.1. The van der Waals surface area contributed by atoms with E-state index in [0.29, 0.717) is 31.9 Å². The average molecular weight is 555 g/mol. The van der Waals surface area contributed by atoms with E-state index in [1.54, 1.807) is 14.2 Å². The Morgan fingerprint density at radius 3 is 2.42 bits per heavy atom. The summed E-state index contributed by atoms with van der Waals surface area (Å²) in [5.74, 6) is 0.410. The van der Waals surface area contributed by atoms with E-state index < -0.39 is 6.29 Å². The summed E-state index contributed by atoms with van der Waals surface area (Å²) in [5.41, 5.74) is 3.18. The Bertz CT molecular complexity index is 1020. The van der Waals surface area contributed by atoms with Crippen LogP contribution in [0.4, 0.5) is 0 Å². The molecule has 0 bridgehead atoms. The quantitative estimate of drug-likeness (QED) is 0.222. The summed E-state index contributed by atoms with van der Waals surface area (Å²) >= 11 is 0. The fourth-order valence-electron chi connectivity index (χ4n) is 5.78. The first-order chi connectivity index (χ1) is 19.3. The molecule has 1 amide bonds. The second kappa shape index (κ2) is 16.1. The summed E-state index contributed by atoms with van der Waals surface area (Å²) < 4.78 is 16.7. The number of amides is 1. The van der Waals surface area contributed by atoms with Gasteiger partial charge in [0.05, 0.1) is 26.2 Å². The Morgan fingerprint density at radius 1 is 1.07 bits per heavy atom. The van der Waals surface area contributed by atoms with Crippen LogP contribution in [-0.4, -0.2) is 87.3 Å². The molecule has 2 aromatic carbocycles. The number of benzene rings is 2. The molecule has 1 heterocycles. The molecule has 1 N–H and O–H groups in total. The number of hydrogen-bond donors (Lipinski definition) is 1. The maximum Gasteiger partial charge on any atom is 0.225 e. The summed E-state index contributed by atoms with van der Waals surface area (Å²) in [5, 5.41) is 11.0. The van der Waals surface area contributed by atoms with Crippen LogP contribution in [0.5, 0.6) is 5.75 Å². The van der Waals surface area contributed by atoms with Crippen LogP contribution >= 0.6 is 0 Å². The molecule has 222 valence electrons. The first-order valence-corrected chi connectivity index (χ1v) is 14.8. The highest BCUT2D eigenvalue weighted by atomic mass is 16.7. The molecule has 3 rings (SSSR count). The lowest BCUT2D eigenvalue weighted by Crippen LogP contribution is -2.44. The van der Waals surface area contributed by atoms with E-state index in [4.69, 9.17) is 14.2 Å². The lowest BCUT2D eigenvalue weighted by molar-refractivity contribution is -0.150. The van der Waals surface area contributed by atoms with Gasteiger partial charge in [0.2, 0.25) is 5.91 Å². The number of rotatable bonds is 16. The largest absolute Gasteiger partial charge is 0.508 e. The predicted molar refractivity (Wildman–Crippen MR) is 160 cm³/mol. The number of methoxy groups -OCH3 is 2. The molecule has 40 heavy (non-hydrogen) atoms. The standard InChI is InChI=1S/C33H50N2O5/c1-6-7-11-26(2)35(25-32(38-4)39-5)31(37)17-23-40-22-16-27-14-15-30(36)29(24-27)33(18-20-34(3)21-19-33)28-12-9-8-10-13-28/h8-10,12-15,24,26,32,36H,6-7,11,16-23,25H2,1-5H3. The number of hydrogen-bond acceptors (Lipinski definition) is 6. The van der Waals surface area contributed by atoms with Crippen molar-refractivity contribution < 1.29 is 24.1 Å². The molecule has 7 heteroatoms. The van der Waals surface area contributed by atoms with Gasteiger partial charge >= 0.3 is 0 Å². The smallest absolute Gasteiger partial charge is 0.225 e. The van der Waals surface area contributed by atoms with Crippen LogP contribution in [0.15, 0.2) is 48.5 Å². The zero-order chi connectivity index (χ0) is 29.0. The van der Waals surface area contributed by atoms with Crippen LogP contribution in [0.1, 0.15) is 69.1 Å². The number of unbranched alkanes of at least 4 members (excludes halogenated alkanes) is 1. The van der Waals surface area contributed by atoms with Crippen molar-refractivity contribution in [2.45, 2.75) is 76.5 Å². The van der Waals surface area contributed by atoms with Crippen molar-refractivity contribution in [3.63, 3.8) is 0 Å². The van der Waals surface area contributed by atoms with E-state index in [9.17, 15) is 9.90 Å². The normalized spacial score (nSPS) is 16.2. The maximum atomic E-state index is 13.1. The molecule has 1 fully saturated rings. The summed E-state index contributed by atoms with van der Waals surface area (Å²) in [6, 6.07) is 16.7. The summed E-state index contributed by atoms with van der Waals surface area (Å²) in [6.07, 6.45) is 5.64. The molecule has 0 radical (unpaired) electrons. The van der Waals surface area contributed by atoms with E-state index in [1.807, 2.05) is 23.1 Å². The Labute approximate surface area is 241 Å². The average Bonchev–Trinajstić information content (AvgIpc) is 2.98. The van der Waals surface area contributed by atoms with Gasteiger partial charge in [0, 0.05) is 31.2 Å². The van der Waals surface area contributed by atoms with E-state index in [1.165, 1.54) is 5.56 Å². The number of aromatic hydroxyl groups is 1. The molecular weight excluding hydrogens is 504 g/mol. The van der Waals surface area contributed by atoms with Crippen molar-refractivity contribution >= 4 is 5.91 Å². The van der Waals surface area contributed by atoms with Gasteiger partial charge < -0.3 is 29.1 Å². The summed E-state index contributed by atoms with van der Waals surface area (Å²) in [7, 11) is 5.35. The number of phenolic OH excluding ortho intramolecular Hbond substituents is 1. The van der Waals surface area contributed by atoms with Crippen LogP contribution < -0.4 is 0 Å². The lowest BCUT2D eigenvalue weighted by Gasteiger charge is -2.42. The zero-order valence-electron chi connectivity index (χ0n) is 25.2. The molecule has 0 spiro atoms. The number of piperidine rings is 1. The Hall–Kier alpha value is -2.45. The highest BCUT2D eigenvalue weighted by molar-refractivity contribution is 5.76. The SMILES string of the molecule is CCCCC(C)N(CC(OC)OC)C(=O)CCOCCc1ccc(O)c(C2(c3ccccc3)CCN(C)CC2)c1. The Balaban J connectivity index is 1.61. The van der Waals surface area contributed by atoms with E-state index in [0.717, 1.165) is 62.7 Å². The lowest BCUT2D eigenvalue weighted by atomic mass is 9.67. The molecule has 7 nitrogen and oxygen atoms in total. The molecule has 1 atom stereocenters. The van der Waals surface area contributed by atoms with Crippen molar-refractivity contribution in [1.29, 1.82) is 0 Å². The molecule has 0 aliphatic carbocycles. The fourth-order valence-corrected chi connectivity index (χ4v) is 5.78. The molecule has 0 saturated carbocycles. The van der Waals surface area contributed by atoms with Gasteiger partial charge in [0.15, 0.2) is 6.29 Å². The van der Waals surface area contributed by atoms with Crippen LogP contribution in [0.25, 0.3) is 0 Å². The van der Waals surface area contributed by atoms with Crippen LogP contribution in [0, 0.1) is 0 Å². The van der Waals surface area contributed by atoms with Gasteiger partial charge in [0.25, 0.3) is 0 Å². The van der Waals surface area contributed by atoms with Gasteiger partial charge in [-0.05, 0) is 69.9 Å². The number of carbonyl (C=O) groups is 1. The molecule has 0 aromatic heterocycles. The minimum Gasteiger partial charge on any atom is -0.508 e. The van der Waals surface area contributed by atoms with E-state index >= 15 is 0 Å². The number of ether oxygens (including phenoxy) is 3. The molecular formula is C33H50N2O5. The fraction of sp³-hybridized carbons (Fsp3) is 0.606. The van der Waals surface area contributed by atoms with Gasteiger partial charge in [-0.1, -0.05) is 62.2 Å². The monoisotopic (exact) mass is 554 g/mol. The zero-order valence-corrected chi connectivity index (χ0v) is 25.2. The first kappa shape index (κ1) is 32.1. The molecule has 1 aliphatic rings. The third-order valence-corrected chi connectivity index (χ3v) is 8.44. The van der Waals surface area contributed by atoms with Gasteiger partial charge in [-0.3, -0.25) is 4.79 Å². The van der Waals surface area contributed by atoms with Gasteiger partial charge in [-0.15, -0.1) is 0 Å². The summed E-state index contributed by atoms with van der Waals surface area (Å²) in [6.45, 7) is 7.51. The second-order valence-corrected chi connectivity index (χ2v) is 11.2. The Morgan fingerprint density at radius 2 is 1.77 bits per heavy atom. The van der Waals surface area contributed by atoms with Crippen molar-refractivity contribution in [3.05, 3.63) is 65.2 Å². The van der Waals surface area contributed by atoms with E-state index in [-0.39, 0.29) is 17.4 Å². The third-order valence-electron chi connectivity index (χ3n) is 8.44. The van der Waals surface area contributed by atoms with Crippen LogP contribution in [0.3, 0.4) is 0 Å². The van der Waals surface area contributed by atoms with Crippen LogP contribution in [-0.2, 0) is 30.8 Å². The molecule has 1 saturated heterocycles. The summed E-state index contributed by atoms with van der Waals surface area (Å²) in [4.78, 5) is 17.3. The van der Waals surface area contributed by atoms with Crippen molar-refractivity contribution in [2.24, 2.45) is 0 Å². The number of nitrogens with zero attached hydrogens (tertiary/aromatic N) is 2. The number of carbonyl (C=O) groups excluding carboxylic acids is 1. The van der Waals surface area contributed by atoms with Crippen molar-refractivity contribution in [2.75, 3.05) is 54.1 Å². The third kappa shape index (κ3) is 8.53. The second-order valence-electron chi connectivity index (χ2n) is 11.2. The predicted octanol–water partition coefficient (Wildman–Crippen LogP) is 5.38. The first-order valence-electron chi connectivity index (χ1n) is 14.8. The van der Waals surface area contributed by atoms with Crippen molar-refractivity contribution in [3.8, 4) is 5.75 Å². The minimum atomic E-state index is -0.443. The Kier molecular flexibility index (Phi) is 12.9. The van der Waals surface area contributed by atoms with Gasteiger partial charge in [-0.2, -0.15) is 0 Å². The van der Waals surface area contributed by atoms with Crippen molar-refractivity contribution in [1.82, 2.24) is 9.80 Å². The van der Waals surface area contributed by atoms with E-state index in [2.05, 4.69) is 56.1 Å². The minimum absolute atomic E-state index is 0.0571. The number of likely N-dealkylation sites (tertiary alicyclic amines) is 1. The van der Waals surface area contributed by atoms with Gasteiger partial charge in [-0.25, -0.2) is 0 Å². The number of phenols is 1. The highest BCUT2D eigenvalue weighted by Crippen LogP contribution is 2.45. The topological polar surface area (TPSA) is 71.5 Å². The highest BCUT2D eigenvalue weighted by Gasteiger charge is 2.39.